The second-order valence-electron chi connectivity index (χ2n) is 1.75. The Labute approximate surface area is 62.6 Å². The third kappa shape index (κ3) is 1.70. The zero-order chi connectivity index (χ0) is 8.27. The summed E-state index contributed by atoms with van der Waals surface area (Å²) in [6.07, 6.45) is 0. The fourth-order valence-electron chi connectivity index (χ4n) is 0.560. The highest BCUT2D eigenvalue weighted by Gasteiger charge is 2.12. The lowest BCUT2D eigenvalue weighted by Gasteiger charge is -1.93. The molecule has 1 aromatic heterocycles. The molecule has 1 radical (unpaired) electrons. The van der Waals surface area contributed by atoms with Crippen molar-refractivity contribution in [1.29, 1.82) is 0 Å². The number of esters is 1. The predicted molar refractivity (Wildman–Crippen MR) is 32.6 cm³/mol. The van der Waals surface area contributed by atoms with E-state index in [0.717, 1.165) is 6.07 Å². The third-order valence-corrected chi connectivity index (χ3v) is 0.973. The Balaban J connectivity index is 2.69. The molecular weight excluding hydrogens is 150 g/mol. The molecule has 1 rings (SSSR count). The highest BCUT2D eigenvalue weighted by molar-refractivity contribution is 5.87. The van der Waals surface area contributed by atoms with E-state index in [2.05, 4.69) is 14.4 Å². The Hall–Kier alpha value is -1.52. The molecule has 1 aromatic rings. The van der Waals surface area contributed by atoms with Crippen molar-refractivity contribution in [3.05, 3.63) is 11.8 Å². The van der Waals surface area contributed by atoms with Gasteiger partial charge in [-0.3, -0.25) is 0 Å². The first-order valence-electron chi connectivity index (χ1n) is 3.05. The maximum atomic E-state index is 10.8. The summed E-state index contributed by atoms with van der Waals surface area (Å²) in [5.41, 5.74) is -0.0862. The summed E-state index contributed by atoms with van der Waals surface area (Å²) in [5.74, 6) is -1.29. The Morgan fingerprint density at radius 3 is 3.00 bits per heavy atom. The molecule has 0 amide bonds. The number of carbonyl (C=O) groups excluding carboxylic acids is 1. The van der Waals surface area contributed by atoms with Crippen molar-refractivity contribution < 1.29 is 19.2 Å². The SMILES string of the molecule is CCOC(=O)c1cc([O])on1. The fraction of sp³-hybridized carbons (Fsp3) is 0.333. The van der Waals surface area contributed by atoms with E-state index in [1.165, 1.54) is 0 Å². The van der Waals surface area contributed by atoms with Gasteiger partial charge in [0.2, 0.25) is 0 Å². The summed E-state index contributed by atoms with van der Waals surface area (Å²) in [6.45, 7) is 1.91. The molecule has 11 heavy (non-hydrogen) atoms. The van der Waals surface area contributed by atoms with Crippen LogP contribution in [0.15, 0.2) is 10.6 Å². The van der Waals surface area contributed by atoms with Crippen LogP contribution >= 0.6 is 0 Å². The van der Waals surface area contributed by atoms with Gasteiger partial charge in [-0.25, -0.2) is 9.90 Å². The standard InChI is InChI=1S/C6H6NO4/c1-2-10-6(9)4-3-5(8)11-7-4/h3H,2H2,1H3. The largest absolute Gasteiger partial charge is 0.461 e. The molecule has 0 aliphatic carbocycles. The van der Waals surface area contributed by atoms with Gasteiger partial charge in [-0.1, -0.05) is 5.16 Å². The molecule has 59 valence electrons. The van der Waals surface area contributed by atoms with Crippen LogP contribution < -0.4 is 0 Å². The average molecular weight is 156 g/mol. The average Bonchev–Trinajstić information content (AvgIpc) is 2.36. The first-order valence-corrected chi connectivity index (χ1v) is 3.05. The molecule has 0 atom stereocenters. The summed E-state index contributed by atoms with van der Waals surface area (Å²) in [5, 5.41) is 13.5. The Morgan fingerprint density at radius 1 is 1.82 bits per heavy atom. The molecule has 5 nitrogen and oxygen atoms in total. The van der Waals surface area contributed by atoms with Crippen molar-refractivity contribution in [1.82, 2.24) is 5.16 Å². The van der Waals surface area contributed by atoms with Gasteiger partial charge in [-0.2, -0.15) is 0 Å². The molecule has 1 heterocycles. The highest BCUT2D eigenvalue weighted by atomic mass is 16.6. The monoisotopic (exact) mass is 156 g/mol. The lowest BCUT2D eigenvalue weighted by molar-refractivity contribution is 0.0514. The molecule has 0 saturated carbocycles. The van der Waals surface area contributed by atoms with E-state index in [1.807, 2.05) is 0 Å². The van der Waals surface area contributed by atoms with Crippen molar-refractivity contribution in [2.75, 3.05) is 6.61 Å². The summed E-state index contributed by atoms with van der Waals surface area (Å²) >= 11 is 0. The van der Waals surface area contributed by atoms with Crippen LogP contribution in [-0.4, -0.2) is 17.7 Å². The van der Waals surface area contributed by atoms with Crippen LogP contribution in [0.25, 0.3) is 0 Å². The number of nitrogens with zero attached hydrogens (tertiary/aromatic N) is 1. The van der Waals surface area contributed by atoms with E-state index in [1.54, 1.807) is 6.92 Å². The van der Waals surface area contributed by atoms with Crippen LogP contribution in [0.1, 0.15) is 17.4 Å². The van der Waals surface area contributed by atoms with E-state index in [0.29, 0.717) is 0 Å². The van der Waals surface area contributed by atoms with Gasteiger partial charge in [-0.05, 0) is 6.92 Å². The van der Waals surface area contributed by atoms with E-state index < -0.39 is 11.9 Å². The molecule has 0 spiro atoms. The molecule has 5 heteroatoms. The van der Waals surface area contributed by atoms with Crippen LogP contribution in [0, 0.1) is 0 Å². The first-order chi connectivity index (χ1) is 5.24. The lowest BCUT2D eigenvalue weighted by Crippen LogP contribution is -2.04. The zero-order valence-electron chi connectivity index (χ0n) is 5.86. The van der Waals surface area contributed by atoms with Crippen LogP contribution in [-0.2, 0) is 9.84 Å². The van der Waals surface area contributed by atoms with Crippen molar-refractivity contribution in [2.45, 2.75) is 6.92 Å². The number of hydrogen-bond acceptors (Lipinski definition) is 4. The molecule has 0 bridgehead atoms. The smallest absolute Gasteiger partial charge is 0.361 e. The van der Waals surface area contributed by atoms with Gasteiger partial charge < -0.3 is 9.26 Å². The van der Waals surface area contributed by atoms with E-state index >= 15 is 0 Å². The minimum atomic E-state index is -0.645. The molecular formula is C6H6NO4. The minimum absolute atomic E-state index is 0.0862. The summed E-state index contributed by atoms with van der Waals surface area (Å²) in [6, 6.07) is 0.984. The van der Waals surface area contributed by atoms with Gasteiger partial charge in [-0.15, -0.1) is 0 Å². The predicted octanol–water partition coefficient (Wildman–Crippen LogP) is 0.995. The van der Waals surface area contributed by atoms with Crippen molar-refractivity contribution in [3.63, 3.8) is 0 Å². The van der Waals surface area contributed by atoms with E-state index in [4.69, 9.17) is 0 Å². The summed E-state index contributed by atoms with van der Waals surface area (Å²) < 4.78 is 8.67. The van der Waals surface area contributed by atoms with Gasteiger partial charge in [0, 0.05) is 0 Å². The van der Waals surface area contributed by atoms with Crippen LogP contribution in [0.4, 0.5) is 0 Å². The maximum absolute atomic E-state index is 10.8. The second kappa shape index (κ2) is 3.05. The van der Waals surface area contributed by atoms with Crippen LogP contribution in [0.2, 0.25) is 0 Å². The van der Waals surface area contributed by atoms with Gasteiger partial charge in [0.25, 0.3) is 0 Å². The topological polar surface area (TPSA) is 72.2 Å². The third-order valence-electron chi connectivity index (χ3n) is 0.973. The van der Waals surface area contributed by atoms with E-state index in [9.17, 15) is 9.90 Å². The van der Waals surface area contributed by atoms with Crippen molar-refractivity contribution in [3.8, 4) is 5.95 Å². The van der Waals surface area contributed by atoms with Crippen LogP contribution in [0.5, 0.6) is 5.95 Å². The van der Waals surface area contributed by atoms with Crippen molar-refractivity contribution >= 4 is 5.97 Å². The number of hydrogen-bond donors (Lipinski definition) is 0. The summed E-state index contributed by atoms with van der Waals surface area (Å²) in [4.78, 5) is 10.8. The van der Waals surface area contributed by atoms with Gasteiger partial charge in [0.1, 0.15) is 0 Å². The molecule has 0 saturated heterocycles. The number of aromatic nitrogens is 1. The van der Waals surface area contributed by atoms with Crippen molar-refractivity contribution in [2.24, 2.45) is 0 Å². The van der Waals surface area contributed by atoms with Gasteiger partial charge in [0.05, 0.1) is 12.7 Å². The highest BCUT2D eigenvalue weighted by Crippen LogP contribution is 2.10. The normalized spacial score (nSPS) is 9.55. The quantitative estimate of drug-likeness (QED) is 0.598. The molecule has 0 N–H and O–H groups in total. The number of rotatable bonds is 2. The number of carbonyl (C=O) groups is 1. The van der Waals surface area contributed by atoms with Gasteiger partial charge >= 0.3 is 11.9 Å². The lowest BCUT2D eigenvalue weighted by atomic mass is 10.4. The second-order valence-corrected chi connectivity index (χ2v) is 1.75. The molecule has 0 aliphatic rings. The molecule has 0 aliphatic heterocycles. The Morgan fingerprint density at radius 2 is 2.55 bits per heavy atom. The Kier molecular flexibility index (Phi) is 2.10. The Bertz CT molecular complexity index is 255. The van der Waals surface area contributed by atoms with Gasteiger partial charge in [0.15, 0.2) is 5.69 Å². The van der Waals surface area contributed by atoms with E-state index in [-0.39, 0.29) is 12.3 Å². The maximum Gasteiger partial charge on any atom is 0.361 e. The fourth-order valence-corrected chi connectivity index (χ4v) is 0.560. The van der Waals surface area contributed by atoms with Crippen LogP contribution in [0.3, 0.4) is 0 Å². The molecule has 0 unspecified atom stereocenters. The zero-order valence-corrected chi connectivity index (χ0v) is 5.86. The number of ether oxygens (including phenoxy) is 1. The first kappa shape index (κ1) is 7.59. The summed E-state index contributed by atoms with van der Waals surface area (Å²) in [7, 11) is 0. The minimum Gasteiger partial charge on any atom is -0.461 e. The molecule has 0 aromatic carbocycles. The molecule has 0 fully saturated rings.